The average molecular weight is 327 g/mol. The highest BCUT2D eigenvalue weighted by atomic mass is 16.2. The van der Waals surface area contributed by atoms with Gasteiger partial charge in [0.1, 0.15) is 5.82 Å². The van der Waals surface area contributed by atoms with Crippen LogP contribution >= 0.6 is 0 Å². The Balaban J connectivity index is 1.82. The molecule has 1 heterocycles. The van der Waals surface area contributed by atoms with Crippen molar-refractivity contribution in [3.63, 3.8) is 0 Å². The van der Waals surface area contributed by atoms with Gasteiger partial charge in [-0.3, -0.25) is 14.3 Å². The third-order valence-electron chi connectivity index (χ3n) is 4.65. The number of aromatic amines is 1. The molecule has 3 rings (SSSR count). The summed E-state index contributed by atoms with van der Waals surface area (Å²) in [5.41, 5.74) is 2.02. The molecule has 0 fully saturated rings. The van der Waals surface area contributed by atoms with Gasteiger partial charge in [0.25, 0.3) is 5.56 Å². The fourth-order valence-electron chi connectivity index (χ4n) is 3.29. The van der Waals surface area contributed by atoms with Crippen molar-refractivity contribution in [3.8, 4) is 0 Å². The first-order valence-electron chi connectivity index (χ1n) is 8.73. The molecule has 2 aromatic rings. The Hall–Kier alpha value is -2.30. The summed E-state index contributed by atoms with van der Waals surface area (Å²) < 4.78 is 1.28. The van der Waals surface area contributed by atoms with Crippen molar-refractivity contribution in [2.75, 3.05) is 5.32 Å². The van der Waals surface area contributed by atoms with Crippen LogP contribution < -0.4 is 16.6 Å². The third-order valence-corrected chi connectivity index (χ3v) is 4.65. The van der Waals surface area contributed by atoms with Gasteiger partial charge in [0.05, 0.1) is 6.04 Å². The molecule has 0 radical (unpaired) electrons. The predicted molar refractivity (Wildman–Crippen MR) is 96.5 cm³/mol. The van der Waals surface area contributed by atoms with Crippen LogP contribution in [0.5, 0.6) is 0 Å². The maximum Gasteiger partial charge on any atom is 0.329 e. The summed E-state index contributed by atoms with van der Waals surface area (Å²) in [5.74, 6) is 0.959. The number of hydrogen-bond acceptors (Lipinski definition) is 3. The summed E-state index contributed by atoms with van der Waals surface area (Å²) in [6.07, 6.45) is 3.99. The van der Waals surface area contributed by atoms with Crippen molar-refractivity contribution in [2.45, 2.75) is 52.1 Å². The summed E-state index contributed by atoms with van der Waals surface area (Å²) in [5, 5.41) is 3.34. The monoisotopic (exact) mass is 327 g/mol. The van der Waals surface area contributed by atoms with Gasteiger partial charge in [-0.1, -0.05) is 38.1 Å². The molecule has 0 bridgehead atoms. The third kappa shape index (κ3) is 3.61. The van der Waals surface area contributed by atoms with Crippen LogP contribution in [0.1, 0.15) is 50.3 Å². The summed E-state index contributed by atoms with van der Waals surface area (Å²) in [6.45, 7) is 4.61. The van der Waals surface area contributed by atoms with Crippen LogP contribution in [0.4, 0.5) is 5.82 Å². The lowest BCUT2D eigenvalue weighted by Gasteiger charge is -2.27. The zero-order valence-corrected chi connectivity index (χ0v) is 14.3. The zero-order valence-electron chi connectivity index (χ0n) is 14.3. The highest BCUT2D eigenvalue weighted by Gasteiger charge is 2.20. The second-order valence-electron chi connectivity index (χ2n) is 6.95. The summed E-state index contributed by atoms with van der Waals surface area (Å²) >= 11 is 0. The summed E-state index contributed by atoms with van der Waals surface area (Å²) in [4.78, 5) is 27.3. The molecule has 5 nitrogen and oxygen atoms in total. The molecule has 2 N–H and O–H groups in total. The smallest absolute Gasteiger partial charge is 0.329 e. The molecule has 128 valence electrons. The Bertz CT molecular complexity index is 789. The quantitative estimate of drug-likeness (QED) is 0.887. The van der Waals surface area contributed by atoms with Crippen LogP contribution in [0.25, 0.3) is 0 Å². The van der Waals surface area contributed by atoms with E-state index in [2.05, 4.69) is 42.3 Å². The van der Waals surface area contributed by atoms with Crippen LogP contribution in [0.15, 0.2) is 39.9 Å². The highest BCUT2D eigenvalue weighted by Crippen LogP contribution is 2.31. The Morgan fingerprint density at radius 3 is 2.83 bits per heavy atom. The lowest BCUT2D eigenvalue weighted by atomic mass is 9.88. The van der Waals surface area contributed by atoms with E-state index in [0.29, 0.717) is 18.3 Å². The van der Waals surface area contributed by atoms with E-state index >= 15 is 0 Å². The molecule has 24 heavy (non-hydrogen) atoms. The molecule has 5 heteroatoms. The molecule has 0 aliphatic heterocycles. The first-order chi connectivity index (χ1) is 11.5. The molecule has 0 spiro atoms. The molecular weight excluding hydrogens is 302 g/mol. The Labute approximate surface area is 141 Å². The van der Waals surface area contributed by atoms with Gasteiger partial charge < -0.3 is 5.32 Å². The molecule has 1 aromatic heterocycles. The van der Waals surface area contributed by atoms with Gasteiger partial charge in [-0.05, 0) is 42.7 Å². The lowest BCUT2D eigenvalue weighted by Crippen LogP contribution is -2.36. The molecule has 0 amide bonds. The fourth-order valence-corrected chi connectivity index (χ4v) is 3.29. The van der Waals surface area contributed by atoms with Crippen molar-refractivity contribution in [1.82, 2.24) is 9.55 Å². The molecule has 0 saturated heterocycles. The summed E-state index contributed by atoms with van der Waals surface area (Å²) in [6, 6.07) is 9.99. The van der Waals surface area contributed by atoms with E-state index in [1.165, 1.54) is 21.8 Å². The normalized spacial score (nSPS) is 16.9. The maximum absolute atomic E-state index is 12.3. The number of aryl methyl sites for hydroxylation is 1. The summed E-state index contributed by atoms with van der Waals surface area (Å²) in [7, 11) is 0. The lowest BCUT2D eigenvalue weighted by molar-refractivity contribution is 0.494. The SMILES string of the molecule is CC(C)CCn1c(=O)cc(NC2CCCc3ccccc32)[nH]c1=O. The Morgan fingerprint density at radius 1 is 1.29 bits per heavy atom. The van der Waals surface area contributed by atoms with Crippen LogP contribution in [-0.4, -0.2) is 9.55 Å². The Morgan fingerprint density at radius 2 is 2.08 bits per heavy atom. The standard InChI is InChI=1S/C19H25N3O2/c1-13(2)10-11-22-18(23)12-17(21-19(22)24)20-16-9-5-7-14-6-3-4-8-15(14)16/h3-4,6,8,12-13,16,20H,5,7,9-11H2,1-2H3,(H,21,24). The minimum Gasteiger partial charge on any atom is -0.365 e. The van der Waals surface area contributed by atoms with Crippen molar-refractivity contribution in [2.24, 2.45) is 5.92 Å². The fraction of sp³-hybridized carbons (Fsp3) is 0.474. The van der Waals surface area contributed by atoms with E-state index in [0.717, 1.165) is 25.7 Å². The van der Waals surface area contributed by atoms with Crippen LogP contribution in [0.2, 0.25) is 0 Å². The minimum atomic E-state index is -0.338. The van der Waals surface area contributed by atoms with E-state index in [1.807, 2.05) is 6.07 Å². The van der Waals surface area contributed by atoms with Crippen LogP contribution in [-0.2, 0) is 13.0 Å². The highest BCUT2D eigenvalue weighted by molar-refractivity contribution is 5.41. The number of fused-ring (bicyclic) bond motifs is 1. The van der Waals surface area contributed by atoms with Gasteiger partial charge in [-0.25, -0.2) is 4.79 Å². The number of nitrogens with zero attached hydrogens (tertiary/aromatic N) is 1. The number of rotatable bonds is 5. The molecule has 1 aliphatic carbocycles. The second-order valence-corrected chi connectivity index (χ2v) is 6.95. The van der Waals surface area contributed by atoms with E-state index < -0.39 is 0 Å². The van der Waals surface area contributed by atoms with E-state index in [1.54, 1.807) is 0 Å². The van der Waals surface area contributed by atoms with E-state index in [9.17, 15) is 9.59 Å². The largest absolute Gasteiger partial charge is 0.365 e. The number of aromatic nitrogens is 2. The van der Waals surface area contributed by atoms with Crippen molar-refractivity contribution >= 4 is 5.82 Å². The molecule has 1 aromatic carbocycles. The van der Waals surface area contributed by atoms with Gasteiger partial charge in [-0.15, -0.1) is 0 Å². The molecule has 0 saturated carbocycles. The predicted octanol–water partition coefficient (Wildman–Crippen LogP) is 3.07. The molecule has 1 aliphatic rings. The number of H-pyrrole nitrogens is 1. The molecule has 1 atom stereocenters. The van der Waals surface area contributed by atoms with E-state index in [4.69, 9.17) is 0 Å². The minimum absolute atomic E-state index is 0.136. The van der Waals surface area contributed by atoms with Gasteiger partial charge in [-0.2, -0.15) is 0 Å². The molecule has 1 unspecified atom stereocenters. The first kappa shape index (κ1) is 16.6. The van der Waals surface area contributed by atoms with Crippen molar-refractivity contribution < 1.29 is 0 Å². The Kier molecular flexibility index (Phi) is 4.88. The first-order valence-corrected chi connectivity index (χ1v) is 8.73. The van der Waals surface area contributed by atoms with Gasteiger partial charge in [0, 0.05) is 12.6 Å². The van der Waals surface area contributed by atoms with Gasteiger partial charge in [0.2, 0.25) is 0 Å². The van der Waals surface area contributed by atoms with Crippen molar-refractivity contribution in [3.05, 3.63) is 62.3 Å². The van der Waals surface area contributed by atoms with Crippen LogP contribution in [0, 0.1) is 5.92 Å². The topological polar surface area (TPSA) is 66.9 Å². The number of nitrogens with one attached hydrogen (secondary N) is 2. The van der Waals surface area contributed by atoms with Gasteiger partial charge in [0.15, 0.2) is 0 Å². The number of hydrogen-bond donors (Lipinski definition) is 2. The number of anilines is 1. The zero-order chi connectivity index (χ0) is 17.1. The number of benzene rings is 1. The second kappa shape index (κ2) is 7.07. The van der Waals surface area contributed by atoms with Gasteiger partial charge >= 0.3 is 5.69 Å². The van der Waals surface area contributed by atoms with Crippen molar-refractivity contribution in [1.29, 1.82) is 0 Å². The van der Waals surface area contributed by atoms with Crippen LogP contribution in [0.3, 0.4) is 0 Å². The average Bonchev–Trinajstić information content (AvgIpc) is 2.54. The maximum atomic E-state index is 12.3. The van der Waals surface area contributed by atoms with E-state index in [-0.39, 0.29) is 17.3 Å². The molecular formula is C19H25N3O2.